The van der Waals surface area contributed by atoms with Crippen molar-refractivity contribution in [3.8, 4) is 0 Å². The molecule has 0 aromatic heterocycles. The Balaban J connectivity index is 0. The highest BCUT2D eigenvalue weighted by Crippen LogP contribution is 2.16. The van der Waals surface area contributed by atoms with E-state index < -0.39 is 0 Å². The summed E-state index contributed by atoms with van der Waals surface area (Å²) in [5.74, 6) is 0. The third kappa shape index (κ3) is 46.6. The number of rotatable bonds is 46. The SMILES string of the molecule is CCCCCCCCCCCCCCCCCCCCOCC(C[N+](C)(C)CCCN)OCCCCCCCCCCCCCCCCCCCC.[Br-]. The van der Waals surface area contributed by atoms with Gasteiger partial charge in [0.1, 0.15) is 12.6 Å². The van der Waals surface area contributed by atoms with E-state index in [1.54, 1.807) is 0 Å². The van der Waals surface area contributed by atoms with Crippen LogP contribution in [0.25, 0.3) is 0 Å². The van der Waals surface area contributed by atoms with Crippen LogP contribution in [-0.4, -0.2) is 64.1 Å². The quantitative estimate of drug-likeness (QED) is 0.0492. The second-order valence-corrected chi connectivity index (χ2v) is 17.6. The van der Waals surface area contributed by atoms with E-state index in [9.17, 15) is 0 Å². The zero-order valence-electron chi connectivity index (χ0n) is 37.2. The minimum Gasteiger partial charge on any atom is -1.00 e. The van der Waals surface area contributed by atoms with Crippen molar-refractivity contribution in [3.05, 3.63) is 0 Å². The molecule has 53 heavy (non-hydrogen) atoms. The lowest BCUT2D eigenvalue weighted by Gasteiger charge is -2.33. The van der Waals surface area contributed by atoms with Crippen LogP contribution in [0.1, 0.15) is 251 Å². The molecule has 2 N–H and O–H groups in total. The fraction of sp³-hybridized carbons (Fsp3) is 1.00. The summed E-state index contributed by atoms with van der Waals surface area (Å²) < 4.78 is 13.6. The Labute approximate surface area is 346 Å². The summed E-state index contributed by atoms with van der Waals surface area (Å²) in [6, 6.07) is 0. The lowest BCUT2D eigenvalue weighted by molar-refractivity contribution is -0.893. The van der Waals surface area contributed by atoms with Crippen LogP contribution in [0.5, 0.6) is 0 Å². The maximum absolute atomic E-state index is 6.46. The fourth-order valence-electron chi connectivity index (χ4n) is 7.89. The maximum Gasteiger partial charge on any atom is 0.130 e. The molecule has 0 rings (SSSR count). The molecule has 322 valence electrons. The van der Waals surface area contributed by atoms with E-state index in [2.05, 4.69) is 27.9 Å². The molecule has 4 nitrogen and oxygen atoms in total. The molecule has 0 heterocycles. The first-order valence-corrected chi connectivity index (χ1v) is 24.3. The third-order valence-electron chi connectivity index (χ3n) is 11.5. The number of halogens is 1. The van der Waals surface area contributed by atoms with E-state index in [0.717, 1.165) is 50.4 Å². The van der Waals surface area contributed by atoms with Gasteiger partial charge in [0.05, 0.1) is 27.2 Å². The summed E-state index contributed by atoms with van der Waals surface area (Å²) in [6.45, 7) is 9.99. The minimum absolute atomic E-state index is 0. The van der Waals surface area contributed by atoms with Crippen LogP contribution in [0.4, 0.5) is 0 Å². The van der Waals surface area contributed by atoms with Crippen molar-refractivity contribution in [2.45, 2.75) is 258 Å². The number of likely N-dealkylation sites (N-methyl/N-ethyl adjacent to an activating group) is 1. The first-order valence-electron chi connectivity index (χ1n) is 24.3. The molecule has 0 aliphatic heterocycles. The van der Waals surface area contributed by atoms with E-state index >= 15 is 0 Å². The van der Waals surface area contributed by atoms with Gasteiger partial charge in [-0.3, -0.25) is 0 Å². The van der Waals surface area contributed by atoms with Gasteiger partial charge in [0, 0.05) is 19.6 Å². The van der Waals surface area contributed by atoms with Crippen molar-refractivity contribution in [3.63, 3.8) is 0 Å². The molecule has 1 atom stereocenters. The average molecular weight is 818 g/mol. The van der Waals surface area contributed by atoms with Crippen LogP contribution < -0.4 is 22.7 Å². The lowest BCUT2D eigenvalue weighted by atomic mass is 10.0. The van der Waals surface area contributed by atoms with Gasteiger partial charge < -0.3 is 36.7 Å². The standard InChI is InChI=1S/C48H101N2O2.BrH/c1-5-7-9-11-13-15-17-19-21-23-25-27-29-31-33-35-37-39-44-51-47-48(46-50(3,4)43-41-42-49)52-45-40-38-36-34-32-30-28-26-24-22-20-18-16-14-12-10-8-6-2;/h48H,5-47,49H2,1-4H3;1H/q+1;/p-1. The average Bonchev–Trinajstić information content (AvgIpc) is 3.13. The fourth-order valence-corrected chi connectivity index (χ4v) is 7.89. The summed E-state index contributed by atoms with van der Waals surface area (Å²) in [6.07, 6.45) is 52.2. The smallest absolute Gasteiger partial charge is 0.130 e. The number of hydrogen-bond donors (Lipinski definition) is 1. The predicted octanol–water partition coefficient (Wildman–Crippen LogP) is 11.9. The summed E-state index contributed by atoms with van der Waals surface area (Å²) >= 11 is 0. The molecule has 1 unspecified atom stereocenters. The highest BCUT2D eigenvalue weighted by molar-refractivity contribution is 4.59. The molecule has 0 aliphatic rings. The number of nitrogens with zero attached hydrogens (tertiary/aromatic N) is 1. The lowest BCUT2D eigenvalue weighted by Crippen LogP contribution is -3.00. The Morgan fingerprint density at radius 2 is 0.679 bits per heavy atom. The molecule has 0 radical (unpaired) electrons. The van der Waals surface area contributed by atoms with Gasteiger partial charge in [0.2, 0.25) is 0 Å². The van der Waals surface area contributed by atoms with Crippen LogP contribution >= 0.6 is 0 Å². The minimum atomic E-state index is 0. The van der Waals surface area contributed by atoms with E-state index in [1.807, 2.05) is 0 Å². The van der Waals surface area contributed by atoms with Crippen molar-refractivity contribution in [2.24, 2.45) is 5.73 Å². The normalized spacial score (nSPS) is 12.4. The van der Waals surface area contributed by atoms with Gasteiger partial charge in [-0.1, -0.05) is 232 Å². The van der Waals surface area contributed by atoms with Gasteiger partial charge in [-0.25, -0.2) is 0 Å². The van der Waals surface area contributed by atoms with Gasteiger partial charge in [-0.2, -0.15) is 0 Å². The van der Waals surface area contributed by atoms with Crippen LogP contribution in [0.15, 0.2) is 0 Å². The highest BCUT2D eigenvalue weighted by atomic mass is 79.9. The summed E-state index contributed by atoms with van der Waals surface area (Å²) in [4.78, 5) is 0. The van der Waals surface area contributed by atoms with Gasteiger partial charge in [-0.05, 0) is 19.4 Å². The largest absolute Gasteiger partial charge is 1.00 e. The maximum atomic E-state index is 6.46. The van der Waals surface area contributed by atoms with Gasteiger partial charge in [-0.15, -0.1) is 0 Å². The molecule has 0 amide bonds. The van der Waals surface area contributed by atoms with Crippen LogP contribution in [0, 0.1) is 0 Å². The number of ether oxygens (including phenoxy) is 2. The molecular formula is C48H101BrN2O2. The number of hydrogen-bond acceptors (Lipinski definition) is 3. The topological polar surface area (TPSA) is 44.5 Å². The molecule has 0 bridgehead atoms. The Morgan fingerprint density at radius 3 is 0.981 bits per heavy atom. The van der Waals surface area contributed by atoms with Crippen LogP contribution in [0.2, 0.25) is 0 Å². The van der Waals surface area contributed by atoms with Crippen molar-refractivity contribution in [2.75, 3.05) is 53.6 Å². The van der Waals surface area contributed by atoms with Crippen LogP contribution in [0.3, 0.4) is 0 Å². The Bertz CT molecular complexity index is 649. The summed E-state index contributed by atoms with van der Waals surface area (Å²) in [5.41, 5.74) is 5.83. The molecule has 0 fully saturated rings. The zero-order chi connectivity index (χ0) is 37.9. The Kier molecular flexibility index (Phi) is 48.8. The van der Waals surface area contributed by atoms with E-state index in [4.69, 9.17) is 15.2 Å². The first-order chi connectivity index (χ1) is 25.6. The van der Waals surface area contributed by atoms with Gasteiger partial charge in [0.25, 0.3) is 0 Å². The molecule has 0 saturated heterocycles. The number of nitrogens with two attached hydrogens (primary N) is 1. The van der Waals surface area contributed by atoms with E-state index in [-0.39, 0.29) is 23.1 Å². The second-order valence-electron chi connectivity index (χ2n) is 17.6. The molecule has 0 aromatic rings. The van der Waals surface area contributed by atoms with Crippen LogP contribution in [-0.2, 0) is 9.47 Å². The van der Waals surface area contributed by atoms with E-state index in [1.165, 1.54) is 231 Å². The predicted molar refractivity (Wildman–Crippen MR) is 234 cm³/mol. The number of quaternary nitrogens is 1. The summed E-state index contributed by atoms with van der Waals surface area (Å²) in [7, 11) is 4.64. The molecule has 0 aliphatic carbocycles. The second kappa shape index (κ2) is 46.7. The van der Waals surface area contributed by atoms with Gasteiger partial charge in [0.15, 0.2) is 0 Å². The molecular weight excluding hydrogens is 716 g/mol. The van der Waals surface area contributed by atoms with E-state index in [0.29, 0.717) is 0 Å². The molecule has 0 saturated carbocycles. The zero-order valence-corrected chi connectivity index (χ0v) is 38.8. The Hall–Kier alpha value is 0.320. The third-order valence-corrected chi connectivity index (χ3v) is 11.5. The monoisotopic (exact) mass is 817 g/mol. The molecule has 0 spiro atoms. The van der Waals surface area contributed by atoms with Crippen molar-refractivity contribution < 1.29 is 30.9 Å². The molecule has 0 aromatic carbocycles. The first kappa shape index (κ1) is 55.4. The van der Waals surface area contributed by atoms with Gasteiger partial charge >= 0.3 is 0 Å². The van der Waals surface area contributed by atoms with Crippen molar-refractivity contribution in [1.29, 1.82) is 0 Å². The highest BCUT2D eigenvalue weighted by Gasteiger charge is 2.22. The van der Waals surface area contributed by atoms with Crippen molar-refractivity contribution in [1.82, 2.24) is 0 Å². The Morgan fingerprint density at radius 1 is 0.396 bits per heavy atom. The number of unbranched alkanes of at least 4 members (excludes halogenated alkanes) is 34. The van der Waals surface area contributed by atoms with Crippen molar-refractivity contribution >= 4 is 0 Å². The molecule has 5 heteroatoms. The summed E-state index contributed by atoms with van der Waals surface area (Å²) in [5, 5.41) is 0.